The summed E-state index contributed by atoms with van der Waals surface area (Å²) in [6.07, 6.45) is 0. The Morgan fingerprint density at radius 3 is 2.57 bits per heavy atom. The van der Waals surface area contributed by atoms with Crippen LogP contribution in [0, 0.1) is 0 Å². The summed E-state index contributed by atoms with van der Waals surface area (Å²) in [4.78, 5) is 11.3. The van der Waals surface area contributed by atoms with Crippen molar-refractivity contribution < 1.29 is 24.2 Å². The van der Waals surface area contributed by atoms with E-state index in [1.165, 1.54) is 6.92 Å². The highest BCUT2D eigenvalue weighted by Crippen LogP contribution is 2.21. The van der Waals surface area contributed by atoms with E-state index in [4.69, 9.17) is 14.7 Å². The zero-order valence-electron chi connectivity index (χ0n) is 8.15. The van der Waals surface area contributed by atoms with Gasteiger partial charge in [0.25, 0.3) is 0 Å². The molecule has 6 heteroatoms. The molecule has 1 aliphatic heterocycles. The monoisotopic (exact) mass is 203 g/mol. The third kappa shape index (κ3) is 2.02. The summed E-state index contributed by atoms with van der Waals surface area (Å²) in [5.41, 5.74) is -0.267. The molecular formula is C8H13NO5. The molecule has 1 N–H and O–H groups in total. The Bertz CT molecular complexity index is 244. The average Bonchev–Trinajstić information content (AvgIpc) is 2.54. The first-order valence-corrected chi connectivity index (χ1v) is 4.31. The lowest BCUT2D eigenvalue weighted by Crippen LogP contribution is -2.42. The van der Waals surface area contributed by atoms with Gasteiger partial charge in [-0.25, -0.2) is 4.79 Å². The van der Waals surface area contributed by atoms with Crippen molar-refractivity contribution in [2.75, 3.05) is 19.8 Å². The van der Waals surface area contributed by atoms with Gasteiger partial charge in [0.2, 0.25) is 11.5 Å². The minimum absolute atomic E-state index is 0.202. The summed E-state index contributed by atoms with van der Waals surface area (Å²) in [7, 11) is 0. The number of carbonyl (C=O) groups excluding carboxylic acids is 1. The van der Waals surface area contributed by atoms with Crippen molar-refractivity contribution in [3.63, 3.8) is 0 Å². The summed E-state index contributed by atoms with van der Waals surface area (Å²) in [6, 6.07) is 0. The Labute approximate surface area is 81.4 Å². The van der Waals surface area contributed by atoms with Crippen molar-refractivity contribution in [3.8, 4) is 0 Å². The SMILES string of the molecule is CCOC(=O)C(=NO)C1(C)OCCO1. The Morgan fingerprint density at radius 2 is 2.14 bits per heavy atom. The van der Waals surface area contributed by atoms with Crippen molar-refractivity contribution in [1.29, 1.82) is 0 Å². The summed E-state index contributed by atoms with van der Waals surface area (Å²) in [5, 5.41) is 11.5. The van der Waals surface area contributed by atoms with Crippen LogP contribution in [0.1, 0.15) is 13.8 Å². The maximum atomic E-state index is 11.3. The van der Waals surface area contributed by atoms with E-state index in [-0.39, 0.29) is 12.3 Å². The molecule has 0 aromatic heterocycles. The van der Waals surface area contributed by atoms with Crippen molar-refractivity contribution in [2.45, 2.75) is 19.6 Å². The van der Waals surface area contributed by atoms with Crippen LogP contribution in [-0.2, 0) is 19.0 Å². The van der Waals surface area contributed by atoms with Gasteiger partial charge in [-0.05, 0) is 13.8 Å². The molecule has 80 valence electrons. The second kappa shape index (κ2) is 4.39. The topological polar surface area (TPSA) is 77.4 Å². The lowest BCUT2D eigenvalue weighted by atomic mass is 10.2. The molecule has 0 bridgehead atoms. The van der Waals surface area contributed by atoms with Gasteiger partial charge >= 0.3 is 5.97 Å². The van der Waals surface area contributed by atoms with E-state index in [0.29, 0.717) is 13.2 Å². The van der Waals surface area contributed by atoms with E-state index in [0.717, 1.165) is 0 Å². The quantitative estimate of drug-likeness (QED) is 0.305. The van der Waals surface area contributed by atoms with Gasteiger partial charge < -0.3 is 19.4 Å². The average molecular weight is 203 g/mol. The lowest BCUT2D eigenvalue weighted by Gasteiger charge is -2.21. The second-order valence-electron chi connectivity index (χ2n) is 2.81. The summed E-state index contributed by atoms with van der Waals surface area (Å²) >= 11 is 0. The smallest absolute Gasteiger partial charge is 0.361 e. The number of esters is 1. The fraction of sp³-hybridized carbons (Fsp3) is 0.750. The molecular weight excluding hydrogens is 190 g/mol. The van der Waals surface area contributed by atoms with Crippen molar-refractivity contribution in [1.82, 2.24) is 0 Å². The van der Waals surface area contributed by atoms with E-state index < -0.39 is 11.8 Å². The van der Waals surface area contributed by atoms with Gasteiger partial charge in [0.05, 0.1) is 19.8 Å². The van der Waals surface area contributed by atoms with E-state index in [1.807, 2.05) is 0 Å². The van der Waals surface area contributed by atoms with Gasteiger partial charge in [0, 0.05) is 0 Å². The third-order valence-corrected chi connectivity index (χ3v) is 1.84. The van der Waals surface area contributed by atoms with Crippen LogP contribution >= 0.6 is 0 Å². The van der Waals surface area contributed by atoms with Gasteiger partial charge in [-0.15, -0.1) is 0 Å². The van der Waals surface area contributed by atoms with Crippen LogP contribution in [-0.4, -0.2) is 42.5 Å². The molecule has 1 heterocycles. The maximum absolute atomic E-state index is 11.3. The van der Waals surface area contributed by atoms with Crippen molar-refractivity contribution in [3.05, 3.63) is 0 Å². The van der Waals surface area contributed by atoms with Crippen molar-refractivity contribution >= 4 is 11.7 Å². The van der Waals surface area contributed by atoms with Crippen LogP contribution in [0.25, 0.3) is 0 Å². The highest BCUT2D eigenvalue weighted by Gasteiger charge is 2.42. The third-order valence-electron chi connectivity index (χ3n) is 1.84. The molecule has 1 saturated heterocycles. The maximum Gasteiger partial charge on any atom is 0.361 e. The normalized spacial score (nSPS) is 20.9. The molecule has 0 amide bonds. The zero-order valence-corrected chi connectivity index (χ0v) is 8.15. The molecule has 0 radical (unpaired) electrons. The second-order valence-corrected chi connectivity index (χ2v) is 2.81. The van der Waals surface area contributed by atoms with Gasteiger partial charge in [-0.3, -0.25) is 0 Å². The van der Waals surface area contributed by atoms with Gasteiger partial charge in [-0.1, -0.05) is 5.16 Å². The predicted molar refractivity (Wildman–Crippen MR) is 46.2 cm³/mol. The Kier molecular flexibility index (Phi) is 3.43. The first-order chi connectivity index (χ1) is 6.64. The minimum atomic E-state index is -1.29. The number of rotatable bonds is 3. The highest BCUT2D eigenvalue weighted by atomic mass is 16.7. The molecule has 0 saturated carbocycles. The summed E-state index contributed by atoms with van der Waals surface area (Å²) < 4.78 is 15.0. The van der Waals surface area contributed by atoms with E-state index in [1.54, 1.807) is 6.92 Å². The number of hydrogen-bond donors (Lipinski definition) is 1. The van der Waals surface area contributed by atoms with Gasteiger partial charge in [-0.2, -0.15) is 0 Å². The first-order valence-electron chi connectivity index (χ1n) is 4.31. The summed E-state index contributed by atoms with van der Waals surface area (Å²) in [6.45, 7) is 4.08. The Balaban J connectivity index is 2.76. The fourth-order valence-electron chi connectivity index (χ4n) is 1.17. The largest absolute Gasteiger partial charge is 0.461 e. The summed E-state index contributed by atoms with van der Waals surface area (Å²) in [5.74, 6) is -2.03. The van der Waals surface area contributed by atoms with E-state index in [9.17, 15) is 4.79 Å². The van der Waals surface area contributed by atoms with Crippen LogP contribution in [0.5, 0.6) is 0 Å². The van der Waals surface area contributed by atoms with E-state index >= 15 is 0 Å². The molecule has 0 aliphatic carbocycles. The van der Waals surface area contributed by atoms with Crippen LogP contribution in [0.2, 0.25) is 0 Å². The van der Waals surface area contributed by atoms with Crippen LogP contribution < -0.4 is 0 Å². The van der Waals surface area contributed by atoms with Gasteiger partial charge in [0.1, 0.15) is 0 Å². The van der Waals surface area contributed by atoms with Crippen LogP contribution in [0.3, 0.4) is 0 Å². The number of carbonyl (C=O) groups is 1. The number of nitrogens with zero attached hydrogens (tertiary/aromatic N) is 1. The lowest BCUT2D eigenvalue weighted by molar-refractivity contribution is -0.140. The molecule has 0 aromatic rings. The number of hydrogen-bond acceptors (Lipinski definition) is 6. The van der Waals surface area contributed by atoms with Crippen LogP contribution in [0.15, 0.2) is 5.16 Å². The molecule has 1 fully saturated rings. The minimum Gasteiger partial charge on any atom is -0.461 e. The van der Waals surface area contributed by atoms with E-state index in [2.05, 4.69) is 9.89 Å². The molecule has 0 aromatic carbocycles. The molecule has 0 spiro atoms. The van der Waals surface area contributed by atoms with Crippen LogP contribution in [0.4, 0.5) is 0 Å². The highest BCUT2D eigenvalue weighted by molar-refractivity contribution is 6.39. The molecule has 1 aliphatic rings. The number of oxime groups is 1. The van der Waals surface area contributed by atoms with Crippen molar-refractivity contribution in [2.24, 2.45) is 5.16 Å². The zero-order chi connectivity index (χ0) is 10.6. The standard InChI is InChI=1S/C8H13NO5/c1-3-12-7(10)6(9-11)8(2)13-4-5-14-8/h11H,3-5H2,1-2H3. The molecule has 0 atom stereocenters. The number of ether oxygens (including phenoxy) is 3. The molecule has 1 rings (SSSR count). The molecule has 14 heavy (non-hydrogen) atoms. The molecule has 0 unspecified atom stereocenters. The Hall–Kier alpha value is -1.14. The Morgan fingerprint density at radius 1 is 1.57 bits per heavy atom. The fourth-order valence-corrected chi connectivity index (χ4v) is 1.17. The molecule has 6 nitrogen and oxygen atoms in total. The van der Waals surface area contributed by atoms with Gasteiger partial charge in [0.15, 0.2) is 0 Å². The first kappa shape index (κ1) is 10.9. The predicted octanol–water partition coefficient (Wildman–Crippen LogP) is 0.143.